The predicted octanol–water partition coefficient (Wildman–Crippen LogP) is 1.91. The molecule has 3 N–H and O–H groups in total. The quantitative estimate of drug-likeness (QED) is 0.727. The Morgan fingerprint density at radius 2 is 1.65 bits per heavy atom. The van der Waals surface area contributed by atoms with Crippen LogP contribution in [-0.2, 0) is 0 Å². The van der Waals surface area contributed by atoms with Gasteiger partial charge in [-0.2, -0.15) is 0 Å². The maximum atomic E-state index is 11.8. The average Bonchev–Trinajstić information content (AvgIpc) is 2.44. The van der Waals surface area contributed by atoms with Crippen molar-refractivity contribution in [2.75, 3.05) is 13.2 Å². The molecule has 0 saturated heterocycles. The van der Waals surface area contributed by atoms with E-state index < -0.39 is 5.91 Å². The van der Waals surface area contributed by atoms with Crippen LogP contribution in [0.25, 0.3) is 0 Å². The van der Waals surface area contributed by atoms with Gasteiger partial charge in [-0.25, -0.2) is 0 Å². The van der Waals surface area contributed by atoms with Gasteiger partial charge in [-0.15, -0.1) is 0 Å². The second-order valence-electron chi connectivity index (χ2n) is 4.09. The molecule has 2 rings (SSSR count). The molecule has 0 atom stereocenters. The Balaban J connectivity index is 1.84. The Hall–Kier alpha value is -2.69. The zero-order valence-electron chi connectivity index (χ0n) is 10.7. The van der Waals surface area contributed by atoms with Gasteiger partial charge in [0.25, 0.3) is 5.91 Å². The molecular weight excluding hydrogens is 258 g/mol. The van der Waals surface area contributed by atoms with E-state index >= 15 is 0 Å². The monoisotopic (exact) mass is 273 g/mol. The molecule has 0 aliphatic carbocycles. The summed E-state index contributed by atoms with van der Waals surface area (Å²) < 4.78 is 5.41. The molecule has 0 spiro atoms. The molecule has 5 heteroatoms. The van der Waals surface area contributed by atoms with Crippen LogP contribution in [-0.4, -0.2) is 29.3 Å². The molecule has 0 fully saturated rings. The van der Waals surface area contributed by atoms with Gasteiger partial charge < -0.3 is 20.3 Å². The van der Waals surface area contributed by atoms with Crippen molar-refractivity contribution in [3.63, 3.8) is 0 Å². The summed E-state index contributed by atoms with van der Waals surface area (Å²) in [7, 11) is 0. The van der Waals surface area contributed by atoms with Gasteiger partial charge in [0, 0.05) is 0 Å². The second kappa shape index (κ2) is 6.47. The molecule has 104 valence electrons. The minimum absolute atomic E-state index is 0.132. The number of phenols is 2. The van der Waals surface area contributed by atoms with E-state index in [4.69, 9.17) is 4.74 Å². The molecule has 0 unspecified atom stereocenters. The van der Waals surface area contributed by atoms with Crippen LogP contribution in [0.1, 0.15) is 10.4 Å². The van der Waals surface area contributed by atoms with Crippen molar-refractivity contribution >= 4 is 5.91 Å². The molecule has 0 radical (unpaired) electrons. The first-order chi connectivity index (χ1) is 9.68. The van der Waals surface area contributed by atoms with Crippen molar-refractivity contribution < 1.29 is 19.7 Å². The number of hydrogen-bond donors (Lipinski definition) is 3. The van der Waals surface area contributed by atoms with E-state index in [0.29, 0.717) is 12.4 Å². The zero-order chi connectivity index (χ0) is 14.4. The molecule has 0 heterocycles. The summed E-state index contributed by atoms with van der Waals surface area (Å²) in [5.41, 5.74) is -0.132. The fourth-order valence-corrected chi connectivity index (χ4v) is 1.70. The lowest BCUT2D eigenvalue weighted by Gasteiger charge is -2.09. The number of ether oxygens (including phenoxy) is 1. The van der Waals surface area contributed by atoms with Gasteiger partial charge in [0.2, 0.25) is 0 Å². The highest BCUT2D eigenvalue weighted by atomic mass is 16.5. The number of carbonyl (C=O) groups excluding carboxylic acids is 1. The molecule has 0 aromatic heterocycles. The molecule has 0 saturated carbocycles. The number of aromatic hydroxyl groups is 2. The molecule has 0 aliphatic heterocycles. The third-order valence-corrected chi connectivity index (χ3v) is 2.65. The number of benzene rings is 2. The largest absolute Gasteiger partial charge is 0.507 e. The lowest BCUT2D eigenvalue weighted by atomic mass is 10.1. The first-order valence-corrected chi connectivity index (χ1v) is 6.15. The normalized spacial score (nSPS) is 10.0. The first-order valence-electron chi connectivity index (χ1n) is 6.15. The van der Waals surface area contributed by atoms with E-state index in [1.54, 1.807) is 0 Å². The highest BCUT2D eigenvalue weighted by Crippen LogP contribution is 2.25. The first kappa shape index (κ1) is 13.7. The van der Waals surface area contributed by atoms with E-state index in [-0.39, 0.29) is 23.6 Å². The van der Waals surface area contributed by atoms with Gasteiger partial charge in [0.15, 0.2) is 0 Å². The summed E-state index contributed by atoms with van der Waals surface area (Å²) >= 11 is 0. The van der Waals surface area contributed by atoms with Crippen molar-refractivity contribution in [3.8, 4) is 17.2 Å². The number of rotatable bonds is 5. The average molecular weight is 273 g/mol. The Morgan fingerprint density at radius 1 is 1.00 bits per heavy atom. The third-order valence-electron chi connectivity index (χ3n) is 2.65. The molecule has 0 aliphatic rings. The summed E-state index contributed by atoms with van der Waals surface area (Å²) in [6.07, 6.45) is 0. The Kier molecular flexibility index (Phi) is 4.44. The number of amides is 1. The maximum Gasteiger partial charge on any atom is 0.258 e. The number of nitrogens with one attached hydrogen (secondary N) is 1. The Morgan fingerprint density at radius 3 is 2.30 bits per heavy atom. The lowest BCUT2D eigenvalue weighted by Crippen LogP contribution is -2.28. The van der Waals surface area contributed by atoms with Crippen molar-refractivity contribution in [3.05, 3.63) is 54.1 Å². The van der Waals surface area contributed by atoms with E-state index in [1.165, 1.54) is 18.2 Å². The summed E-state index contributed by atoms with van der Waals surface area (Å²) in [6.45, 7) is 0.561. The highest BCUT2D eigenvalue weighted by Gasteiger charge is 2.15. The Bertz CT molecular complexity index is 563. The zero-order valence-corrected chi connectivity index (χ0v) is 10.7. The fourth-order valence-electron chi connectivity index (χ4n) is 1.70. The minimum Gasteiger partial charge on any atom is -0.507 e. The summed E-state index contributed by atoms with van der Waals surface area (Å²) in [5.74, 6) is -0.345. The van der Waals surface area contributed by atoms with Crippen LogP contribution in [0.5, 0.6) is 17.2 Å². The Labute approximate surface area is 116 Å². The standard InChI is InChI=1S/C15H15NO4/c17-12-7-4-8-13(18)14(12)15(19)16-9-10-20-11-5-2-1-3-6-11/h1-8,17-18H,9-10H2,(H,16,19). The van der Waals surface area contributed by atoms with Crippen molar-refractivity contribution in [2.24, 2.45) is 0 Å². The van der Waals surface area contributed by atoms with Crippen molar-refractivity contribution in [2.45, 2.75) is 0 Å². The van der Waals surface area contributed by atoms with Crippen LogP contribution in [0.2, 0.25) is 0 Å². The van der Waals surface area contributed by atoms with Gasteiger partial charge in [-0.3, -0.25) is 4.79 Å². The molecular formula is C15H15NO4. The third kappa shape index (κ3) is 3.41. The molecule has 5 nitrogen and oxygen atoms in total. The maximum absolute atomic E-state index is 11.8. The molecule has 20 heavy (non-hydrogen) atoms. The van der Waals surface area contributed by atoms with Gasteiger partial charge >= 0.3 is 0 Å². The number of hydrogen-bond acceptors (Lipinski definition) is 4. The summed E-state index contributed by atoms with van der Waals surface area (Å²) in [5, 5.41) is 21.7. The van der Waals surface area contributed by atoms with E-state index in [1.807, 2.05) is 30.3 Å². The van der Waals surface area contributed by atoms with Crippen LogP contribution in [0.15, 0.2) is 48.5 Å². The summed E-state index contributed by atoms with van der Waals surface area (Å²) in [6, 6.07) is 13.4. The van der Waals surface area contributed by atoms with Crippen molar-refractivity contribution in [1.29, 1.82) is 0 Å². The van der Waals surface area contributed by atoms with E-state index in [2.05, 4.69) is 5.32 Å². The summed E-state index contributed by atoms with van der Waals surface area (Å²) in [4.78, 5) is 11.8. The predicted molar refractivity (Wildman–Crippen MR) is 74.0 cm³/mol. The molecule has 0 bridgehead atoms. The number of phenolic OH excluding ortho intramolecular Hbond substituents is 2. The highest BCUT2D eigenvalue weighted by molar-refractivity contribution is 5.99. The van der Waals surface area contributed by atoms with Crippen LogP contribution in [0, 0.1) is 0 Å². The van der Waals surface area contributed by atoms with Gasteiger partial charge in [0.1, 0.15) is 29.4 Å². The minimum atomic E-state index is -0.544. The van der Waals surface area contributed by atoms with Crippen LogP contribution < -0.4 is 10.1 Å². The van der Waals surface area contributed by atoms with Crippen LogP contribution in [0.3, 0.4) is 0 Å². The molecule has 2 aromatic rings. The van der Waals surface area contributed by atoms with E-state index in [0.717, 1.165) is 0 Å². The lowest BCUT2D eigenvalue weighted by molar-refractivity contribution is 0.0941. The van der Waals surface area contributed by atoms with Crippen LogP contribution in [0.4, 0.5) is 0 Å². The van der Waals surface area contributed by atoms with Gasteiger partial charge in [0.05, 0.1) is 6.54 Å². The second-order valence-corrected chi connectivity index (χ2v) is 4.09. The number of carbonyl (C=O) groups is 1. The fraction of sp³-hybridized carbons (Fsp3) is 0.133. The van der Waals surface area contributed by atoms with Crippen molar-refractivity contribution in [1.82, 2.24) is 5.32 Å². The van der Waals surface area contributed by atoms with Gasteiger partial charge in [-0.1, -0.05) is 24.3 Å². The molecule has 2 aromatic carbocycles. The van der Waals surface area contributed by atoms with E-state index in [9.17, 15) is 15.0 Å². The molecule has 1 amide bonds. The SMILES string of the molecule is O=C(NCCOc1ccccc1)c1c(O)cccc1O. The van der Waals surface area contributed by atoms with Gasteiger partial charge in [-0.05, 0) is 24.3 Å². The smallest absolute Gasteiger partial charge is 0.258 e. The van der Waals surface area contributed by atoms with Crippen LogP contribution >= 0.6 is 0 Å². The number of para-hydroxylation sites is 1. The topological polar surface area (TPSA) is 78.8 Å².